The third-order valence-corrected chi connectivity index (χ3v) is 3.60. The molecule has 0 fully saturated rings. The number of nitrogens with zero attached hydrogens (tertiary/aromatic N) is 1. The molecule has 2 N–H and O–H groups in total. The molecule has 0 spiro atoms. The van der Waals surface area contributed by atoms with Crippen molar-refractivity contribution in [2.24, 2.45) is 0 Å². The minimum Gasteiger partial charge on any atom is -0.396 e. The molecule has 19 heavy (non-hydrogen) atoms. The van der Waals surface area contributed by atoms with Gasteiger partial charge in [-0.2, -0.15) is 0 Å². The van der Waals surface area contributed by atoms with Crippen molar-refractivity contribution in [3.05, 3.63) is 17.0 Å². The summed E-state index contributed by atoms with van der Waals surface area (Å²) in [4.78, 5) is 25.3. The molecule has 2 amide bonds. The van der Waals surface area contributed by atoms with Crippen molar-refractivity contribution < 1.29 is 14.7 Å². The van der Waals surface area contributed by atoms with Crippen LogP contribution in [0.4, 0.5) is 5.00 Å². The van der Waals surface area contributed by atoms with E-state index in [2.05, 4.69) is 5.32 Å². The van der Waals surface area contributed by atoms with Crippen molar-refractivity contribution in [1.29, 1.82) is 0 Å². The van der Waals surface area contributed by atoms with Gasteiger partial charge in [-0.1, -0.05) is 0 Å². The van der Waals surface area contributed by atoms with E-state index in [4.69, 9.17) is 5.11 Å². The van der Waals surface area contributed by atoms with Crippen molar-refractivity contribution in [1.82, 2.24) is 4.90 Å². The molecule has 6 heteroatoms. The molecule has 0 saturated carbocycles. The van der Waals surface area contributed by atoms with Gasteiger partial charge in [0.2, 0.25) is 5.91 Å². The van der Waals surface area contributed by atoms with Crippen molar-refractivity contribution in [3.8, 4) is 0 Å². The van der Waals surface area contributed by atoms with Crippen LogP contribution in [0.15, 0.2) is 12.1 Å². The fraction of sp³-hybridized carbons (Fsp3) is 0.538. The highest BCUT2D eigenvalue weighted by atomic mass is 32.1. The minimum absolute atomic E-state index is 0.0365. The van der Waals surface area contributed by atoms with Crippen LogP contribution >= 0.6 is 11.3 Å². The van der Waals surface area contributed by atoms with E-state index in [-0.39, 0.29) is 18.4 Å². The Morgan fingerprint density at radius 3 is 2.68 bits per heavy atom. The van der Waals surface area contributed by atoms with Crippen molar-refractivity contribution >= 4 is 28.2 Å². The number of aliphatic hydroxyl groups is 1. The Bertz CT molecular complexity index is 431. The van der Waals surface area contributed by atoms with Gasteiger partial charge in [-0.15, -0.1) is 11.3 Å². The summed E-state index contributed by atoms with van der Waals surface area (Å²) in [5.74, 6) is -0.177. The van der Waals surface area contributed by atoms with Crippen LogP contribution in [0.1, 0.15) is 35.9 Å². The van der Waals surface area contributed by atoms with Crippen LogP contribution in [-0.4, -0.2) is 42.0 Å². The number of hydrogen-bond donors (Lipinski definition) is 2. The first-order chi connectivity index (χ1) is 9.04. The first-order valence-electron chi connectivity index (χ1n) is 6.28. The third kappa shape index (κ3) is 5.40. The summed E-state index contributed by atoms with van der Waals surface area (Å²) in [5.41, 5.74) is 0. The summed E-state index contributed by atoms with van der Waals surface area (Å²) in [7, 11) is 1.76. The maximum Gasteiger partial charge on any atom is 0.263 e. The lowest BCUT2D eigenvalue weighted by Gasteiger charge is -2.15. The van der Waals surface area contributed by atoms with E-state index >= 15 is 0 Å². The second-order valence-electron chi connectivity index (χ2n) is 4.36. The summed E-state index contributed by atoms with van der Waals surface area (Å²) < 4.78 is 0. The predicted molar refractivity (Wildman–Crippen MR) is 76.5 cm³/mol. The molecule has 0 aliphatic carbocycles. The van der Waals surface area contributed by atoms with Crippen LogP contribution in [0.3, 0.4) is 0 Å². The van der Waals surface area contributed by atoms with Crippen LogP contribution in [-0.2, 0) is 4.79 Å². The normalized spacial score (nSPS) is 10.3. The molecule has 1 heterocycles. The molecular formula is C13H20N2O3S. The lowest BCUT2D eigenvalue weighted by molar-refractivity contribution is -0.114. The van der Waals surface area contributed by atoms with E-state index in [1.165, 1.54) is 18.3 Å². The molecular weight excluding hydrogens is 264 g/mol. The molecule has 1 aromatic heterocycles. The van der Waals surface area contributed by atoms with Gasteiger partial charge < -0.3 is 15.3 Å². The maximum atomic E-state index is 12.1. The second-order valence-corrected chi connectivity index (χ2v) is 5.44. The number of nitrogens with one attached hydrogen (secondary N) is 1. The summed E-state index contributed by atoms with van der Waals surface area (Å²) in [6, 6.07) is 3.46. The van der Waals surface area contributed by atoms with Gasteiger partial charge in [0.1, 0.15) is 0 Å². The molecule has 0 saturated heterocycles. The van der Waals surface area contributed by atoms with E-state index in [9.17, 15) is 9.59 Å². The lowest BCUT2D eigenvalue weighted by atomic mass is 10.2. The number of amides is 2. The zero-order valence-corrected chi connectivity index (χ0v) is 12.1. The molecule has 0 aliphatic heterocycles. The van der Waals surface area contributed by atoms with Crippen LogP contribution in [0.2, 0.25) is 0 Å². The van der Waals surface area contributed by atoms with Crippen molar-refractivity contribution in [2.45, 2.75) is 26.2 Å². The van der Waals surface area contributed by atoms with Gasteiger partial charge in [0, 0.05) is 27.1 Å². The molecule has 106 valence electrons. The third-order valence-electron chi connectivity index (χ3n) is 2.61. The predicted octanol–water partition coefficient (Wildman–Crippen LogP) is 1.94. The average molecular weight is 284 g/mol. The van der Waals surface area contributed by atoms with Crippen molar-refractivity contribution in [2.75, 3.05) is 25.5 Å². The Kier molecular flexibility index (Phi) is 6.52. The molecule has 0 unspecified atom stereocenters. The summed E-state index contributed by atoms with van der Waals surface area (Å²) in [5, 5.41) is 12.0. The first kappa shape index (κ1) is 15.7. The fourth-order valence-corrected chi connectivity index (χ4v) is 2.57. The Labute approximate surface area is 117 Å². The highest BCUT2D eigenvalue weighted by Gasteiger charge is 2.14. The number of carbonyl (C=O) groups excluding carboxylic acids is 2. The van der Waals surface area contributed by atoms with E-state index < -0.39 is 0 Å². The highest BCUT2D eigenvalue weighted by molar-refractivity contribution is 7.18. The monoisotopic (exact) mass is 284 g/mol. The van der Waals surface area contributed by atoms with Crippen LogP contribution < -0.4 is 5.32 Å². The SMILES string of the molecule is CC(=O)Nc1ccc(C(=O)N(C)CCCCCO)s1. The van der Waals surface area contributed by atoms with E-state index in [0.717, 1.165) is 19.3 Å². The van der Waals surface area contributed by atoms with Gasteiger partial charge in [0.05, 0.1) is 9.88 Å². The molecule has 0 bridgehead atoms. The van der Waals surface area contributed by atoms with E-state index in [1.54, 1.807) is 24.1 Å². The van der Waals surface area contributed by atoms with Gasteiger partial charge in [-0.05, 0) is 31.4 Å². The van der Waals surface area contributed by atoms with Crippen LogP contribution in [0.5, 0.6) is 0 Å². The van der Waals surface area contributed by atoms with E-state index in [0.29, 0.717) is 16.4 Å². The highest BCUT2D eigenvalue weighted by Crippen LogP contribution is 2.23. The lowest BCUT2D eigenvalue weighted by Crippen LogP contribution is -2.27. The summed E-state index contributed by atoms with van der Waals surface area (Å²) in [6.07, 6.45) is 2.57. The number of anilines is 1. The van der Waals surface area contributed by atoms with Gasteiger partial charge >= 0.3 is 0 Å². The topological polar surface area (TPSA) is 69.6 Å². The molecule has 0 atom stereocenters. The summed E-state index contributed by atoms with van der Waals surface area (Å²) >= 11 is 1.28. The Balaban J connectivity index is 2.47. The molecule has 0 aromatic carbocycles. The molecule has 1 rings (SSSR count). The first-order valence-corrected chi connectivity index (χ1v) is 7.10. The number of aliphatic hydroxyl groups excluding tert-OH is 1. The smallest absolute Gasteiger partial charge is 0.263 e. The standard InChI is InChI=1S/C13H20N2O3S/c1-10(17)14-12-7-6-11(19-12)13(18)15(2)8-4-3-5-9-16/h6-7,16H,3-5,8-9H2,1-2H3,(H,14,17). The van der Waals surface area contributed by atoms with Crippen molar-refractivity contribution in [3.63, 3.8) is 0 Å². The number of unbranched alkanes of at least 4 members (excludes halogenated alkanes) is 2. The van der Waals surface area contributed by atoms with Gasteiger partial charge in [-0.25, -0.2) is 0 Å². The number of carbonyl (C=O) groups is 2. The number of thiophene rings is 1. The number of rotatable bonds is 7. The van der Waals surface area contributed by atoms with E-state index in [1.807, 2.05) is 0 Å². The zero-order chi connectivity index (χ0) is 14.3. The van der Waals surface area contributed by atoms with Crippen LogP contribution in [0.25, 0.3) is 0 Å². The Hall–Kier alpha value is -1.40. The summed E-state index contributed by atoms with van der Waals surface area (Å²) in [6.45, 7) is 2.31. The maximum absolute atomic E-state index is 12.1. The second kappa shape index (κ2) is 7.91. The van der Waals surface area contributed by atoms with Gasteiger partial charge in [0.15, 0.2) is 0 Å². The molecule has 0 aliphatic rings. The minimum atomic E-state index is -0.141. The molecule has 0 radical (unpaired) electrons. The van der Waals surface area contributed by atoms with Gasteiger partial charge in [0.25, 0.3) is 5.91 Å². The largest absolute Gasteiger partial charge is 0.396 e. The quantitative estimate of drug-likeness (QED) is 0.752. The number of hydrogen-bond acceptors (Lipinski definition) is 4. The zero-order valence-electron chi connectivity index (χ0n) is 11.3. The molecule has 5 nitrogen and oxygen atoms in total. The van der Waals surface area contributed by atoms with Crippen LogP contribution in [0, 0.1) is 0 Å². The molecule has 1 aromatic rings. The average Bonchev–Trinajstić information content (AvgIpc) is 2.81. The van der Waals surface area contributed by atoms with Gasteiger partial charge in [-0.3, -0.25) is 9.59 Å². The fourth-order valence-electron chi connectivity index (χ4n) is 1.62. The Morgan fingerprint density at radius 1 is 1.32 bits per heavy atom. The Morgan fingerprint density at radius 2 is 2.05 bits per heavy atom.